The molecule has 0 unspecified atom stereocenters. The summed E-state index contributed by atoms with van der Waals surface area (Å²) in [5.41, 5.74) is 4.13. The maximum Gasteiger partial charge on any atom is 0.318 e. The van der Waals surface area contributed by atoms with Crippen molar-refractivity contribution >= 4 is 27.5 Å². The molecule has 2 heterocycles. The number of nitrogens with zero attached hydrogens (tertiary/aromatic N) is 3. The summed E-state index contributed by atoms with van der Waals surface area (Å²) in [4.78, 5) is 16.9. The smallest absolute Gasteiger partial charge is 0.318 e. The number of carbonyl (C=O) groups is 1. The Morgan fingerprint density at radius 3 is 2.71 bits per heavy atom. The monoisotopic (exact) mass is 301 g/mol. The third-order valence-electron chi connectivity index (χ3n) is 3.28. The Morgan fingerprint density at radius 1 is 1.29 bits per heavy atom. The van der Waals surface area contributed by atoms with E-state index >= 15 is 0 Å². The molecule has 0 N–H and O–H groups in total. The number of thiazole rings is 1. The molecule has 0 aliphatic heterocycles. The van der Waals surface area contributed by atoms with Crippen LogP contribution in [0.3, 0.4) is 0 Å². The van der Waals surface area contributed by atoms with Crippen LogP contribution < -0.4 is 4.80 Å². The topological polar surface area (TPSA) is 60.4 Å². The zero-order valence-electron chi connectivity index (χ0n) is 12.3. The molecule has 3 aromatic rings. The van der Waals surface area contributed by atoms with Crippen LogP contribution in [0.4, 0.5) is 0 Å². The number of rotatable bonds is 1. The van der Waals surface area contributed by atoms with Gasteiger partial charge in [0.1, 0.15) is 0 Å². The second-order valence-corrected chi connectivity index (χ2v) is 6.10. The fourth-order valence-electron chi connectivity index (χ4n) is 2.28. The molecule has 0 aliphatic rings. The summed E-state index contributed by atoms with van der Waals surface area (Å²) in [5.74, 6) is -0.245. The standard InChI is InChI=1S/C15H15N3O2S/c1-8-5-9(2)13-11(6-8)18(4)15(21-13)16-14(19)12-7-10(3)17-20-12/h5-7H,1-4H3. The van der Waals surface area contributed by atoms with Crippen LogP contribution in [-0.4, -0.2) is 15.6 Å². The molecule has 0 aliphatic carbocycles. The molecule has 5 nitrogen and oxygen atoms in total. The Hall–Kier alpha value is -2.21. The number of carbonyl (C=O) groups excluding carboxylic acids is 1. The van der Waals surface area contributed by atoms with Crippen LogP contribution >= 0.6 is 11.3 Å². The van der Waals surface area contributed by atoms with Gasteiger partial charge in [-0.25, -0.2) is 0 Å². The van der Waals surface area contributed by atoms with Gasteiger partial charge in [0, 0.05) is 13.1 Å². The second-order valence-electron chi connectivity index (χ2n) is 5.12. The molecule has 0 saturated carbocycles. The van der Waals surface area contributed by atoms with E-state index in [1.165, 1.54) is 22.5 Å². The Kier molecular flexibility index (Phi) is 3.25. The second kappa shape index (κ2) is 4.96. The summed E-state index contributed by atoms with van der Waals surface area (Å²) in [6, 6.07) is 5.82. The van der Waals surface area contributed by atoms with Crippen LogP contribution in [0, 0.1) is 20.8 Å². The van der Waals surface area contributed by atoms with Gasteiger partial charge in [-0.3, -0.25) is 4.79 Å². The molecule has 1 aromatic carbocycles. The molecule has 0 radical (unpaired) electrons. The van der Waals surface area contributed by atoms with Gasteiger partial charge in [-0.05, 0) is 38.0 Å². The molecule has 1 amide bonds. The van der Waals surface area contributed by atoms with Crippen molar-refractivity contribution in [3.05, 3.63) is 45.6 Å². The fourth-order valence-corrected chi connectivity index (χ4v) is 3.35. The summed E-state index contributed by atoms with van der Waals surface area (Å²) in [5, 5.41) is 3.71. The quantitative estimate of drug-likeness (QED) is 0.694. The Bertz CT molecular complexity index is 915. The third-order valence-corrected chi connectivity index (χ3v) is 4.56. The Balaban J connectivity index is 2.16. The lowest BCUT2D eigenvalue weighted by Gasteiger charge is -2.00. The van der Waals surface area contributed by atoms with Gasteiger partial charge in [-0.1, -0.05) is 22.6 Å². The van der Waals surface area contributed by atoms with Gasteiger partial charge in [0.2, 0.25) is 5.76 Å². The van der Waals surface area contributed by atoms with Gasteiger partial charge >= 0.3 is 5.91 Å². The zero-order chi connectivity index (χ0) is 15.1. The lowest BCUT2D eigenvalue weighted by atomic mass is 10.1. The number of aryl methyl sites for hydroxylation is 4. The number of benzene rings is 1. The van der Waals surface area contributed by atoms with E-state index in [-0.39, 0.29) is 5.76 Å². The highest BCUT2D eigenvalue weighted by Crippen LogP contribution is 2.22. The average Bonchev–Trinajstić information content (AvgIpc) is 2.97. The third kappa shape index (κ3) is 2.42. The van der Waals surface area contributed by atoms with Crippen molar-refractivity contribution in [2.24, 2.45) is 12.0 Å². The van der Waals surface area contributed by atoms with E-state index < -0.39 is 5.91 Å². The zero-order valence-corrected chi connectivity index (χ0v) is 13.1. The Morgan fingerprint density at radius 2 is 2.05 bits per heavy atom. The van der Waals surface area contributed by atoms with E-state index in [1.54, 1.807) is 13.0 Å². The first-order valence-electron chi connectivity index (χ1n) is 6.55. The van der Waals surface area contributed by atoms with Crippen LogP contribution in [0.1, 0.15) is 27.4 Å². The van der Waals surface area contributed by atoms with Gasteiger partial charge in [0.05, 0.1) is 15.9 Å². The first kappa shape index (κ1) is 13.8. The van der Waals surface area contributed by atoms with E-state index in [1.807, 2.05) is 11.6 Å². The van der Waals surface area contributed by atoms with Crippen molar-refractivity contribution in [3.8, 4) is 0 Å². The number of amides is 1. The summed E-state index contributed by atoms with van der Waals surface area (Å²) in [6.07, 6.45) is 0. The molecule has 0 spiro atoms. The minimum atomic E-state index is -0.410. The summed E-state index contributed by atoms with van der Waals surface area (Å²) in [6.45, 7) is 5.90. The predicted molar refractivity (Wildman–Crippen MR) is 81.4 cm³/mol. The van der Waals surface area contributed by atoms with Gasteiger partial charge in [0.25, 0.3) is 0 Å². The first-order chi connectivity index (χ1) is 9.95. The van der Waals surface area contributed by atoms with Gasteiger partial charge in [0.15, 0.2) is 4.80 Å². The number of hydrogen-bond donors (Lipinski definition) is 0. The van der Waals surface area contributed by atoms with Crippen molar-refractivity contribution in [1.82, 2.24) is 9.72 Å². The molecule has 2 aromatic heterocycles. The highest BCUT2D eigenvalue weighted by molar-refractivity contribution is 7.16. The highest BCUT2D eigenvalue weighted by atomic mass is 32.1. The minimum absolute atomic E-state index is 0.165. The lowest BCUT2D eigenvalue weighted by molar-refractivity contribution is 0.0962. The molecule has 0 fully saturated rings. The summed E-state index contributed by atoms with van der Waals surface area (Å²) >= 11 is 1.50. The molecular weight excluding hydrogens is 286 g/mol. The molecular formula is C15H15N3O2S. The summed E-state index contributed by atoms with van der Waals surface area (Å²) in [7, 11) is 1.91. The number of hydrogen-bond acceptors (Lipinski definition) is 4. The van der Waals surface area contributed by atoms with Crippen LogP contribution in [-0.2, 0) is 7.05 Å². The maximum absolute atomic E-state index is 12.1. The molecule has 108 valence electrons. The van der Waals surface area contributed by atoms with Crippen molar-refractivity contribution < 1.29 is 9.32 Å². The maximum atomic E-state index is 12.1. The van der Waals surface area contributed by atoms with Crippen molar-refractivity contribution in [3.63, 3.8) is 0 Å². The summed E-state index contributed by atoms with van der Waals surface area (Å²) < 4.78 is 8.03. The van der Waals surface area contributed by atoms with E-state index in [0.29, 0.717) is 10.5 Å². The van der Waals surface area contributed by atoms with Crippen molar-refractivity contribution in [2.45, 2.75) is 20.8 Å². The molecule has 21 heavy (non-hydrogen) atoms. The predicted octanol–water partition coefficient (Wildman–Crippen LogP) is 2.89. The van der Waals surface area contributed by atoms with Crippen molar-refractivity contribution in [2.75, 3.05) is 0 Å². The van der Waals surface area contributed by atoms with Gasteiger partial charge in [-0.2, -0.15) is 4.99 Å². The van der Waals surface area contributed by atoms with E-state index in [4.69, 9.17) is 4.52 Å². The number of aromatic nitrogens is 2. The number of fused-ring (bicyclic) bond motifs is 1. The molecule has 0 atom stereocenters. The molecule has 0 bridgehead atoms. The largest absolute Gasteiger partial charge is 0.351 e. The Labute approximate surface area is 125 Å². The normalized spacial score (nSPS) is 12.3. The van der Waals surface area contributed by atoms with E-state index in [2.05, 4.69) is 36.1 Å². The van der Waals surface area contributed by atoms with Crippen LogP contribution in [0.5, 0.6) is 0 Å². The first-order valence-corrected chi connectivity index (χ1v) is 7.36. The SMILES string of the molecule is Cc1cc(C)c2sc(=NC(=O)c3cc(C)no3)n(C)c2c1. The fraction of sp³-hybridized carbons (Fsp3) is 0.267. The van der Waals surface area contributed by atoms with E-state index in [9.17, 15) is 4.79 Å². The van der Waals surface area contributed by atoms with Crippen LogP contribution in [0.2, 0.25) is 0 Å². The van der Waals surface area contributed by atoms with Gasteiger partial charge in [-0.15, -0.1) is 0 Å². The van der Waals surface area contributed by atoms with Crippen molar-refractivity contribution in [1.29, 1.82) is 0 Å². The average molecular weight is 301 g/mol. The molecule has 0 saturated heterocycles. The minimum Gasteiger partial charge on any atom is -0.351 e. The van der Waals surface area contributed by atoms with E-state index in [0.717, 1.165) is 10.2 Å². The molecule has 6 heteroatoms. The lowest BCUT2D eigenvalue weighted by Crippen LogP contribution is -2.13. The highest BCUT2D eigenvalue weighted by Gasteiger charge is 2.12. The van der Waals surface area contributed by atoms with Crippen LogP contribution in [0.25, 0.3) is 10.2 Å². The van der Waals surface area contributed by atoms with Crippen LogP contribution in [0.15, 0.2) is 27.7 Å². The molecule has 3 rings (SSSR count). The van der Waals surface area contributed by atoms with Gasteiger partial charge < -0.3 is 9.09 Å².